The molecule has 0 radical (unpaired) electrons. The summed E-state index contributed by atoms with van der Waals surface area (Å²) < 4.78 is 10.7. The fraction of sp³-hybridized carbons (Fsp3) is 0.571. The van der Waals surface area contributed by atoms with Crippen molar-refractivity contribution < 1.29 is 9.47 Å². The van der Waals surface area contributed by atoms with Crippen LogP contribution in [0.15, 0.2) is 48.5 Å². The Kier molecular flexibility index (Phi) is 11.4. The maximum Gasteiger partial charge on any atom is 0.118 e. The van der Waals surface area contributed by atoms with E-state index in [1.165, 1.54) is 75.3 Å². The van der Waals surface area contributed by atoms with Crippen molar-refractivity contribution in [3.63, 3.8) is 0 Å². The molecule has 30 heavy (non-hydrogen) atoms. The van der Waals surface area contributed by atoms with E-state index >= 15 is 0 Å². The van der Waals surface area contributed by atoms with E-state index in [0.717, 1.165) is 17.4 Å². The lowest BCUT2D eigenvalue weighted by Gasteiger charge is -2.19. The fourth-order valence-corrected chi connectivity index (χ4v) is 4.16. The number of rotatable bonds is 15. The standard InChI is InChI=1S/C28H42O2/c1-23(2)13-11-9-7-5-6-8-10-12-14-28(24-15-19-26(29-3)20-16-24)25-17-21-27(30-4)22-18-25/h15-23,28H,5-14H2,1-4H3. The van der Waals surface area contributed by atoms with E-state index in [4.69, 9.17) is 9.47 Å². The van der Waals surface area contributed by atoms with Gasteiger partial charge in [0.1, 0.15) is 11.5 Å². The molecule has 0 heterocycles. The van der Waals surface area contributed by atoms with Gasteiger partial charge in [-0.05, 0) is 47.7 Å². The van der Waals surface area contributed by atoms with E-state index in [0.29, 0.717) is 5.92 Å². The summed E-state index contributed by atoms with van der Waals surface area (Å²) in [4.78, 5) is 0. The Morgan fingerprint density at radius 2 is 0.900 bits per heavy atom. The second kappa shape index (κ2) is 14.1. The minimum absolute atomic E-state index is 0.429. The van der Waals surface area contributed by atoms with Gasteiger partial charge in [0.25, 0.3) is 0 Å². The van der Waals surface area contributed by atoms with E-state index < -0.39 is 0 Å². The van der Waals surface area contributed by atoms with Crippen molar-refractivity contribution in [1.82, 2.24) is 0 Å². The van der Waals surface area contributed by atoms with E-state index in [1.807, 2.05) is 0 Å². The van der Waals surface area contributed by atoms with Crippen molar-refractivity contribution >= 4 is 0 Å². The maximum atomic E-state index is 5.34. The van der Waals surface area contributed by atoms with Crippen LogP contribution in [0.4, 0.5) is 0 Å². The Bertz CT molecular complexity index is 625. The van der Waals surface area contributed by atoms with Gasteiger partial charge in [-0.2, -0.15) is 0 Å². The van der Waals surface area contributed by atoms with Gasteiger partial charge >= 0.3 is 0 Å². The van der Waals surface area contributed by atoms with Gasteiger partial charge in [-0.1, -0.05) is 95.9 Å². The SMILES string of the molecule is COc1ccc(C(CCCCCCCCCCC(C)C)c2ccc(OC)cc2)cc1. The van der Waals surface area contributed by atoms with E-state index in [-0.39, 0.29) is 0 Å². The Morgan fingerprint density at radius 3 is 1.27 bits per heavy atom. The Morgan fingerprint density at radius 1 is 0.533 bits per heavy atom. The van der Waals surface area contributed by atoms with E-state index in [2.05, 4.69) is 62.4 Å². The van der Waals surface area contributed by atoms with E-state index in [9.17, 15) is 0 Å². The Labute approximate surface area is 185 Å². The summed E-state index contributed by atoms with van der Waals surface area (Å²) in [5.74, 6) is 3.12. The number of benzene rings is 2. The van der Waals surface area contributed by atoms with Gasteiger partial charge < -0.3 is 9.47 Å². The largest absolute Gasteiger partial charge is 0.497 e. The predicted octanol–water partition coefficient (Wildman–Crippen LogP) is 8.39. The summed E-state index contributed by atoms with van der Waals surface area (Å²) >= 11 is 0. The summed E-state index contributed by atoms with van der Waals surface area (Å²) in [5, 5.41) is 0. The average molecular weight is 411 g/mol. The molecular formula is C28H42O2. The zero-order valence-electron chi connectivity index (χ0n) is 19.7. The molecule has 2 aromatic rings. The third-order valence-corrected chi connectivity index (χ3v) is 6.06. The smallest absolute Gasteiger partial charge is 0.118 e. The predicted molar refractivity (Wildman–Crippen MR) is 129 cm³/mol. The lowest BCUT2D eigenvalue weighted by molar-refractivity contribution is 0.414. The summed E-state index contributed by atoms with van der Waals surface area (Å²) in [6.07, 6.45) is 13.6. The van der Waals surface area contributed by atoms with Crippen LogP contribution < -0.4 is 9.47 Å². The van der Waals surface area contributed by atoms with Crippen LogP contribution in [0.3, 0.4) is 0 Å². The number of ether oxygens (including phenoxy) is 2. The van der Waals surface area contributed by atoms with E-state index in [1.54, 1.807) is 14.2 Å². The van der Waals surface area contributed by atoms with Crippen molar-refractivity contribution in [2.75, 3.05) is 14.2 Å². The van der Waals surface area contributed by atoms with Crippen LogP contribution in [0.1, 0.15) is 95.1 Å². The monoisotopic (exact) mass is 410 g/mol. The highest BCUT2D eigenvalue weighted by Gasteiger charge is 2.14. The molecule has 0 aliphatic heterocycles. The molecule has 2 heteroatoms. The van der Waals surface area contributed by atoms with Crippen LogP contribution in [0.25, 0.3) is 0 Å². The Balaban J connectivity index is 1.80. The molecule has 0 aliphatic carbocycles. The molecule has 0 N–H and O–H groups in total. The molecule has 0 spiro atoms. The number of methoxy groups -OCH3 is 2. The van der Waals surface area contributed by atoms with Gasteiger partial charge in [0.2, 0.25) is 0 Å². The van der Waals surface area contributed by atoms with Crippen molar-refractivity contribution in [3.8, 4) is 11.5 Å². The van der Waals surface area contributed by atoms with Crippen LogP contribution in [0, 0.1) is 5.92 Å². The summed E-state index contributed by atoms with van der Waals surface area (Å²) in [5.41, 5.74) is 2.73. The molecule has 0 unspecified atom stereocenters. The molecular weight excluding hydrogens is 368 g/mol. The first-order valence-corrected chi connectivity index (χ1v) is 11.9. The third-order valence-electron chi connectivity index (χ3n) is 6.06. The quantitative estimate of drug-likeness (QED) is 0.274. The molecule has 0 amide bonds. The molecule has 2 rings (SSSR count). The topological polar surface area (TPSA) is 18.5 Å². The lowest BCUT2D eigenvalue weighted by atomic mass is 9.86. The van der Waals surface area contributed by atoms with Crippen molar-refractivity contribution in [2.24, 2.45) is 5.92 Å². The first-order valence-electron chi connectivity index (χ1n) is 11.9. The average Bonchev–Trinajstić information content (AvgIpc) is 2.78. The molecule has 2 aromatic carbocycles. The number of unbranched alkanes of at least 4 members (excludes halogenated alkanes) is 7. The van der Waals surface area contributed by atoms with Crippen molar-refractivity contribution in [2.45, 2.75) is 84.0 Å². The highest BCUT2D eigenvalue weighted by atomic mass is 16.5. The van der Waals surface area contributed by atoms with Gasteiger partial charge in [-0.3, -0.25) is 0 Å². The maximum absolute atomic E-state index is 5.34. The van der Waals surface area contributed by atoms with Gasteiger partial charge in [0.15, 0.2) is 0 Å². The van der Waals surface area contributed by atoms with Gasteiger partial charge in [0.05, 0.1) is 14.2 Å². The molecule has 0 aliphatic rings. The highest BCUT2D eigenvalue weighted by Crippen LogP contribution is 2.32. The summed E-state index contributed by atoms with van der Waals surface area (Å²) in [7, 11) is 3.45. The first kappa shape index (κ1) is 24.3. The van der Waals surface area contributed by atoms with Gasteiger partial charge in [0, 0.05) is 5.92 Å². The molecule has 0 saturated heterocycles. The molecule has 0 bridgehead atoms. The van der Waals surface area contributed by atoms with Crippen LogP contribution in [0.2, 0.25) is 0 Å². The summed E-state index contributed by atoms with van der Waals surface area (Å²) in [6, 6.07) is 17.2. The minimum Gasteiger partial charge on any atom is -0.497 e. The summed E-state index contributed by atoms with van der Waals surface area (Å²) in [6.45, 7) is 4.65. The molecule has 2 nitrogen and oxygen atoms in total. The second-order valence-corrected chi connectivity index (χ2v) is 8.90. The van der Waals surface area contributed by atoms with Crippen molar-refractivity contribution in [1.29, 1.82) is 0 Å². The molecule has 0 fully saturated rings. The lowest BCUT2D eigenvalue weighted by Crippen LogP contribution is -2.02. The zero-order chi connectivity index (χ0) is 21.6. The van der Waals surface area contributed by atoms with Crippen LogP contribution in [0.5, 0.6) is 11.5 Å². The normalized spacial score (nSPS) is 11.3. The molecule has 0 atom stereocenters. The molecule has 0 saturated carbocycles. The van der Waals surface area contributed by atoms with Gasteiger partial charge in [-0.25, -0.2) is 0 Å². The first-order chi connectivity index (χ1) is 14.6. The van der Waals surface area contributed by atoms with Crippen LogP contribution >= 0.6 is 0 Å². The van der Waals surface area contributed by atoms with Crippen LogP contribution in [-0.4, -0.2) is 14.2 Å². The molecule has 0 aromatic heterocycles. The minimum atomic E-state index is 0.429. The highest BCUT2D eigenvalue weighted by molar-refractivity contribution is 5.38. The number of hydrogen-bond donors (Lipinski definition) is 0. The fourth-order valence-electron chi connectivity index (χ4n) is 4.16. The van der Waals surface area contributed by atoms with Crippen LogP contribution in [-0.2, 0) is 0 Å². The molecule has 166 valence electrons. The zero-order valence-corrected chi connectivity index (χ0v) is 19.7. The van der Waals surface area contributed by atoms with Crippen molar-refractivity contribution in [3.05, 3.63) is 59.7 Å². The van der Waals surface area contributed by atoms with Gasteiger partial charge in [-0.15, -0.1) is 0 Å². The number of hydrogen-bond acceptors (Lipinski definition) is 2. The second-order valence-electron chi connectivity index (χ2n) is 8.90. The Hall–Kier alpha value is -1.96. The third kappa shape index (κ3) is 8.81.